The van der Waals surface area contributed by atoms with E-state index in [0.717, 1.165) is 24.2 Å². The number of hydrogen-bond acceptors (Lipinski definition) is 5. The van der Waals surface area contributed by atoms with Crippen LogP contribution >= 0.6 is 0 Å². The number of anilines is 1. The maximum absolute atomic E-state index is 12.0. The zero-order valence-corrected chi connectivity index (χ0v) is 12.5. The van der Waals surface area contributed by atoms with Crippen molar-refractivity contribution >= 4 is 29.0 Å². The molecule has 0 aliphatic rings. The van der Waals surface area contributed by atoms with E-state index < -0.39 is 5.63 Å². The summed E-state index contributed by atoms with van der Waals surface area (Å²) in [5.41, 5.74) is 0.961. The van der Waals surface area contributed by atoms with Gasteiger partial charge in [-0.25, -0.2) is 4.79 Å². The number of carbonyl (C=O) groups excluding carboxylic acids is 1. The summed E-state index contributed by atoms with van der Waals surface area (Å²) in [5, 5.41) is 9.50. The fourth-order valence-corrected chi connectivity index (χ4v) is 2.26. The molecular weight excluding hydrogens is 280 g/mol. The lowest BCUT2D eigenvalue weighted by Crippen LogP contribution is -2.21. The van der Waals surface area contributed by atoms with Crippen LogP contribution in [0.2, 0.25) is 0 Å². The molecular formula is C17H16N2O3. The first-order valence-electron chi connectivity index (χ1n) is 7.02. The van der Waals surface area contributed by atoms with Crippen molar-refractivity contribution in [2.45, 2.75) is 13.8 Å². The van der Waals surface area contributed by atoms with Gasteiger partial charge in [0.25, 0.3) is 0 Å². The van der Waals surface area contributed by atoms with E-state index in [0.29, 0.717) is 11.9 Å². The number of aldehydes is 1. The van der Waals surface area contributed by atoms with Crippen LogP contribution in [-0.4, -0.2) is 19.4 Å². The predicted octanol–water partition coefficient (Wildman–Crippen LogP) is 2.75. The van der Waals surface area contributed by atoms with E-state index in [1.165, 1.54) is 6.08 Å². The van der Waals surface area contributed by atoms with Crippen molar-refractivity contribution in [3.05, 3.63) is 45.8 Å². The number of nitriles is 1. The summed E-state index contributed by atoms with van der Waals surface area (Å²) in [4.78, 5) is 24.8. The van der Waals surface area contributed by atoms with Gasteiger partial charge in [0.2, 0.25) is 0 Å². The minimum absolute atomic E-state index is 0.119. The number of benzene rings is 1. The quantitative estimate of drug-likeness (QED) is 0.367. The minimum atomic E-state index is -0.571. The number of rotatable bonds is 5. The average Bonchev–Trinajstić information content (AvgIpc) is 2.54. The molecule has 0 saturated carbocycles. The lowest BCUT2D eigenvalue weighted by atomic mass is 10.1. The van der Waals surface area contributed by atoms with E-state index >= 15 is 0 Å². The molecule has 0 bridgehead atoms. The van der Waals surface area contributed by atoms with Crippen molar-refractivity contribution in [1.82, 2.24) is 0 Å². The van der Waals surface area contributed by atoms with Gasteiger partial charge in [0.05, 0.1) is 11.1 Å². The lowest BCUT2D eigenvalue weighted by molar-refractivity contribution is -0.104. The van der Waals surface area contributed by atoms with E-state index in [4.69, 9.17) is 9.68 Å². The summed E-state index contributed by atoms with van der Waals surface area (Å²) < 4.78 is 5.31. The predicted molar refractivity (Wildman–Crippen MR) is 85.7 cm³/mol. The number of hydrogen-bond donors (Lipinski definition) is 0. The second-order valence-electron chi connectivity index (χ2n) is 4.71. The Bertz CT molecular complexity index is 824. The molecule has 0 saturated heterocycles. The van der Waals surface area contributed by atoms with Crippen LogP contribution in [0, 0.1) is 11.3 Å². The highest BCUT2D eigenvalue weighted by molar-refractivity contribution is 5.88. The van der Waals surface area contributed by atoms with Gasteiger partial charge in [-0.15, -0.1) is 0 Å². The summed E-state index contributed by atoms with van der Waals surface area (Å²) in [6.45, 7) is 5.83. The van der Waals surface area contributed by atoms with Gasteiger partial charge in [-0.05, 0) is 38.1 Å². The first-order valence-corrected chi connectivity index (χ1v) is 7.02. The lowest BCUT2D eigenvalue weighted by Gasteiger charge is -2.20. The Morgan fingerprint density at radius 3 is 2.64 bits per heavy atom. The zero-order chi connectivity index (χ0) is 16.1. The topological polar surface area (TPSA) is 74.3 Å². The van der Waals surface area contributed by atoms with Gasteiger partial charge in [-0.2, -0.15) is 5.26 Å². The van der Waals surface area contributed by atoms with E-state index in [-0.39, 0.29) is 11.1 Å². The fourth-order valence-electron chi connectivity index (χ4n) is 2.26. The second-order valence-corrected chi connectivity index (χ2v) is 4.71. The third-order valence-corrected chi connectivity index (χ3v) is 3.44. The van der Waals surface area contributed by atoms with Crippen LogP contribution in [0.1, 0.15) is 19.4 Å². The molecule has 0 radical (unpaired) electrons. The Morgan fingerprint density at radius 2 is 2.05 bits per heavy atom. The minimum Gasteiger partial charge on any atom is -0.422 e. The van der Waals surface area contributed by atoms with Crippen LogP contribution in [0.3, 0.4) is 0 Å². The molecule has 2 aromatic rings. The molecule has 0 atom stereocenters. The SMILES string of the molecule is CCN(CC)c1ccc2cc(/C=C(\C#N)C=O)c(=O)oc2c1. The van der Waals surface area contributed by atoms with Crippen molar-refractivity contribution in [3.63, 3.8) is 0 Å². The van der Waals surface area contributed by atoms with Crippen LogP contribution in [-0.2, 0) is 4.79 Å². The van der Waals surface area contributed by atoms with E-state index in [1.54, 1.807) is 12.1 Å². The molecule has 22 heavy (non-hydrogen) atoms. The Morgan fingerprint density at radius 1 is 1.32 bits per heavy atom. The third kappa shape index (κ3) is 3.07. The molecule has 1 heterocycles. The first kappa shape index (κ1) is 15.5. The normalized spacial score (nSPS) is 11.2. The average molecular weight is 296 g/mol. The molecule has 2 rings (SSSR count). The number of nitrogens with zero attached hydrogens (tertiary/aromatic N) is 2. The summed E-state index contributed by atoms with van der Waals surface area (Å²) in [6, 6.07) is 8.97. The second kappa shape index (κ2) is 6.72. The molecule has 0 aliphatic carbocycles. The zero-order valence-electron chi connectivity index (χ0n) is 12.5. The van der Waals surface area contributed by atoms with Crippen molar-refractivity contribution in [2.75, 3.05) is 18.0 Å². The highest BCUT2D eigenvalue weighted by Gasteiger charge is 2.08. The smallest absolute Gasteiger partial charge is 0.343 e. The number of allylic oxidation sites excluding steroid dienone is 1. The first-order chi connectivity index (χ1) is 10.6. The summed E-state index contributed by atoms with van der Waals surface area (Å²) in [6.07, 6.45) is 1.64. The van der Waals surface area contributed by atoms with E-state index in [2.05, 4.69) is 18.7 Å². The molecule has 1 aromatic carbocycles. The van der Waals surface area contributed by atoms with Gasteiger partial charge in [0, 0.05) is 30.2 Å². The summed E-state index contributed by atoms with van der Waals surface area (Å²) in [5.74, 6) is 0. The van der Waals surface area contributed by atoms with Crippen molar-refractivity contribution in [2.24, 2.45) is 0 Å². The van der Waals surface area contributed by atoms with Gasteiger partial charge in [0.15, 0.2) is 6.29 Å². The summed E-state index contributed by atoms with van der Waals surface area (Å²) >= 11 is 0. The van der Waals surface area contributed by atoms with Gasteiger partial charge < -0.3 is 9.32 Å². The highest BCUT2D eigenvalue weighted by Crippen LogP contribution is 2.22. The van der Waals surface area contributed by atoms with Crippen LogP contribution < -0.4 is 10.5 Å². The molecule has 112 valence electrons. The molecule has 0 amide bonds. The van der Waals surface area contributed by atoms with E-state index in [9.17, 15) is 9.59 Å². The molecule has 0 aliphatic heterocycles. The van der Waals surface area contributed by atoms with Crippen LogP contribution in [0.4, 0.5) is 5.69 Å². The Labute approximate surface area is 128 Å². The maximum atomic E-state index is 12.0. The number of carbonyl (C=O) groups is 1. The fraction of sp³-hybridized carbons (Fsp3) is 0.235. The molecule has 0 N–H and O–H groups in total. The van der Waals surface area contributed by atoms with Gasteiger partial charge in [0.1, 0.15) is 11.7 Å². The van der Waals surface area contributed by atoms with Crippen LogP contribution in [0.25, 0.3) is 17.0 Å². The van der Waals surface area contributed by atoms with E-state index in [1.807, 2.05) is 18.2 Å². The van der Waals surface area contributed by atoms with Crippen LogP contribution in [0.15, 0.2) is 39.1 Å². The largest absolute Gasteiger partial charge is 0.422 e. The van der Waals surface area contributed by atoms with Gasteiger partial charge in [-0.3, -0.25) is 4.79 Å². The monoisotopic (exact) mass is 296 g/mol. The molecule has 0 fully saturated rings. The molecule has 5 nitrogen and oxygen atoms in total. The highest BCUT2D eigenvalue weighted by atomic mass is 16.4. The summed E-state index contributed by atoms with van der Waals surface area (Å²) in [7, 11) is 0. The van der Waals surface area contributed by atoms with Crippen molar-refractivity contribution < 1.29 is 9.21 Å². The maximum Gasteiger partial charge on any atom is 0.343 e. The van der Waals surface area contributed by atoms with Crippen molar-refractivity contribution in [1.29, 1.82) is 5.26 Å². The van der Waals surface area contributed by atoms with Gasteiger partial charge >= 0.3 is 5.63 Å². The Balaban J connectivity index is 2.56. The van der Waals surface area contributed by atoms with Gasteiger partial charge in [-0.1, -0.05) is 0 Å². The van der Waals surface area contributed by atoms with Crippen LogP contribution in [0.5, 0.6) is 0 Å². The number of fused-ring (bicyclic) bond motifs is 1. The Kier molecular flexibility index (Phi) is 4.74. The third-order valence-electron chi connectivity index (χ3n) is 3.44. The molecule has 0 unspecified atom stereocenters. The molecule has 1 aromatic heterocycles. The standard InChI is InChI=1S/C17H16N2O3/c1-3-19(4-2)15-6-5-13-8-14(7-12(10-18)11-20)17(21)22-16(13)9-15/h5-9,11H,3-4H2,1-2H3/b12-7+. The molecule has 5 heteroatoms. The van der Waals surface area contributed by atoms with Crippen molar-refractivity contribution in [3.8, 4) is 6.07 Å². The Hall–Kier alpha value is -2.87. The molecule has 0 spiro atoms.